The molecule has 0 aliphatic rings. The van der Waals surface area contributed by atoms with Gasteiger partial charge in [-0.2, -0.15) is 0 Å². The summed E-state index contributed by atoms with van der Waals surface area (Å²) in [5, 5.41) is 9.37. The molecule has 1 aromatic rings. The summed E-state index contributed by atoms with van der Waals surface area (Å²) in [7, 11) is -3.51. The van der Waals surface area contributed by atoms with Gasteiger partial charge in [0.25, 0.3) is 0 Å². The van der Waals surface area contributed by atoms with Crippen LogP contribution in [0.15, 0.2) is 29.2 Å². The molecule has 0 spiro atoms. The van der Waals surface area contributed by atoms with E-state index in [-0.39, 0.29) is 11.4 Å². The number of aliphatic hydroxyl groups is 1. The number of nitrogens with one attached hydrogen (secondary N) is 1. The second kappa shape index (κ2) is 7.47. The van der Waals surface area contributed by atoms with Crippen LogP contribution in [0.5, 0.6) is 5.75 Å². The monoisotopic (exact) mass is 287 g/mol. The minimum Gasteiger partial charge on any atom is -0.494 e. The zero-order chi connectivity index (χ0) is 14.3. The quantitative estimate of drug-likeness (QED) is 0.760. The average molecular weight is 287 g/mol. The minimum absolute atomic E-state index is 0.196. The summed E-state index contributed by atoms with van der Waals surface area (Å²) in [6.07, 6.45) is 0.556. The minimum atomic E-state index is -3.51. The maximum Gasteiger partial charge on any atom is 0.240 e. The van der Waals surface area contributed by atoms with Gasteiger partial charge in [0.1, 0.15) is 5.75 Å². The van der Waals surface area contributed by atoms with Crippen LogP contribution in [0.2, 0.25) is 0 Å². The average Bonchev–Trinajstić information content (AvgIpc) is 2.39. The molecule has 0 saturated carbocycles. The van der Waals surface area contributed by atoms with E-state index in [1.54, 1.807) is 12.1 Å². The highest BCUT2D eigenvalue weighted by atomic mass is 32.2. The molecule has 1 aromatic carbocycles. The van der Waals surface area contributed by atoms with Gasteiger partial charge in [0.2, 0.25) is 10.0 Å². The molecule has 2 N–H and O–H groups in total. The third-order valence-electron chi connectivity index (χ3n) is 2.69. The highest BCUT2D eigenvalue weighted by Crippen LogP contribution is 2.15. The molecule has 0 aliphatic carbocycles. The van der Waals surface area contributed by atoms with Crippen LogP contribution in [0.1, 0.15) is 26.7 Å². The lowest BCUT2D eigenvalue weighted by Gasteiger charge is -2.10. The molecule has 1 unspecified atom stereocenters. The van der Waals surface area contributed by atoms with E-state index >= 15 is 0 Å². The SMILES string of the molecule is CCOc1ccc(S(=O)(=O)NCCC(O)CC)cc1. The molecule has 108 valence electrons. The lowest BCUT2D eigenvalue weighted by molar-refractivity contribution is 0.162. The molecule has 0 bridgehead atoms. The Morgan fingerprint density at radius 1 is 1.26 bits per heavy atom. The van der Waals surface area contributed by atoms with Crippen LogP contribution in [0, 0.1) is 0 Å². The van der Waals surface area contributed by atoms with Crippen molar-refractivity contribution in [1.82, 2.24) is 4.72 Å². The molecular formula is C13H21NO4S. The number of aliphatic hydroxyl groups excluding tert-OH is 1. The van der Waals surface area contributed by atoms with Gasteiger partial charge in [-0.1, -0.05) is 6.92 Å². The Balaban J connectivity index is 2.61. The van der Waals surface area contributed by atoms with Gasteiger partial charge in [-0.15, -0.1) is 0 Å². The van der Waals surface area contributed by atoms with Crippen molar-refractivity contribution in [2.75, 3.05) is 13.2 Å². The van der Waals surface area contributed by atoms with Crippen molar-refractivity contribution < 1.29 is 18.3 Å². The molecule has 5 nitrogen and oxygen atoms in total. The maximum absolute atomic E-state index is 11.9. The van der Waals surface area contributed by atoms with Gasteiger partial charge in [0.05, 0.1) is 17.6 Å². The maximum atomic E-state index is 11.9. The van der Waals surface area contributed by atoms with Crippen LogP contribution in [0.25, 0.3) is 0 Å². The summed E-state index contributed by atoms with van der Waals surface area (Å²) in [6.45, 7) is 4.49. The van der Waals surface area contributed by atoms with E-state index in [0.29, 0.717) is 25.2 Å². The number of ether oxygens (including phenoxy) is 1. The number of sulfonamides is 1. The molecule has 0 aliphatic heterocycles. The molecular weight excluding hydrogens is 266 g/mol. The number of hydrogen-bond acceptors (Lipinski definition) is 4. The van der Waals surface area contributed by atoms with Gasteiger partial charge in [-0.25, -0.2) is 13.1 Å². The van der Waals surface area contributed by atoms with Gasteiger partial charge in [-0.05, 0) is 44.0 Å². The van der Waals surface area contributed by atoms with Gasteiger partial charge in [0.15, 0.2) is 0 Å². The largest absolute Gasteiger partial charge is 0.494 e. The standard InChI is InChI=1S/C13H21NO4S/c1-3-11(15)9-10-14-19(16,17)13-7-5-12(6-8-13)18-4-2/h5-8,11,14-15H,3-4,9-10H2,1-2H3. The molecule has 1 atom stereocenters. The third kappa shape index (κ3) is 5.18. The Kier molecular flexibility index (Phi) is 6.27. The van der Waals surface area contributed by atoms with Gasteiger partial charge >= 0.3 is 0 Å². The van der Waals surface area contributed by atoms with Crippen molar-refractivity contribution in [3.63, 3.8) is 0 Å². The Bertz CT molecular complexity index is 470. The molecule has 0 radical (unpaired) electrons. The van der Waals surface area contributed by atoms with Crippen LogP contribution < -0.4 is 9.46 Å². The number of hydrogen-bond donors (Lipinski definition) is 2. The zero-order valence-corrected chi connectivity index (χ0v) is 12.1. The van der Waals surface area contributed by atoms with Crippen LogP contribution in [0.3, 0.4) is 0 Å². The van der Waals surface area contributed by atoms with Crippen molar-refractivity contribution in [3.8, 4) is 5.75 Å². The smallest absolute Gasteiger partial charge is 0.240 e. The van der Waals surface area contributed by atoms with E-state index in [2.05, 4.69) is 4.72 Å². The molecule has 1 rings (SSSR count). The highest BCUT2D eigenvalue weighted by molar-refractivity contribution is 7.89. The highest BCUT2D eigenvalue weighted by Gasteiger charge is 2.13. The van der Waals surface area contributed by atoms with E-state index in [0.717, 1.165) is 0 Å². The molecule has 19 heavy (non-hydrogen) atoms. The first-order chi connectivity index (χ1) is 8.99. The predicted molar refractivity (Wildman–Crippen MR) is 73.7 cm³/mol. The van der Waals surface area contributed by atoms with Crippen molar-refractivity contribution in [1.29, 1.82) is 0 Å². The Labute approximate surface area is 114 Å². The van der Waals surface area contributed by atoms with E-state index < -0.39 is 16.1 Å². The van der Waals surface area contributed by atoms with E-state index in [1.165, 1.54) is 12.1 Å². The van der Waals surface area contributed by atoms with Crippen LogP contribution in [-0.2, 0) is 10.0 Å². The first kappa shape index (κ1) is 15.9. The van der Waals surface area contributed by atoms with Crippen molar-refractivity contribution in [2.45, 2.75) is 37.7 Å². The molecule has 0 saturated heterocycles. The van der Waals surface area contributed by atoms with Crippen molar-refractivity contribution in [2.24, 2.45) is 0 Å². The number of benzene rings is 1. The summed E-state index contributed by atoms with van der Waals surface area (Å²) in [5.41, 5.74) is 0. The Morgan fingerprint density at radius 2 is 1.89 bits per heavy atom. The van der Waals surface area contributed by atoms with E-state index in [4.69, 9.17) is 4.74 Å². The zero-order valence-electron chi connectivity index (χ0n) is 11.3. The van der Waals surface area contributed by atoms with Crippen LogP contribution in [0.4, 0.5) is 0 Å². The van der Waals surface area contributed by atoms with Crippen LogP contribution in [-0.4, -0.2) is 32.8 Å². The van der Waals surface area contributed by atoms with Gasteiger partial charge in [0, 0.05) is 6.54 Å². The summed E-state index contributed by atoms with van der Waals surface area (Å²) >= 11 is 0. The first-order valence-corrected chi connectivity index (χ1v) is 7.88. The molecule has 0 fully saturated rings. The molecule has 0 amide bonds. The topological polar surface area (TPSA) is 75.6 Å². The lowest BCUT2D eigenvalue weighted by Crippen LogP contribution is -2.27. The predicted octanol–water partition coefficient (Wildman–Crippen LogP) is 1.52. The second-order valence-corrected chi connectivity index (χ2v) is 5.92. The molecule has 6 heteroatoms. The second-order valence-electron chi connectivity index (χ2n) is 4.15. The Hall–Kier alpha value is -1.11. The van der Waals surface area contributed by atoms with Crippen molar-refractivity contribution in [3.05, 3.63) is 24.3 Å². The van der Waals surface area contributed by atoms with Gasteiger partial charge < -0.3 is 9.84 Å². The van der Waals surface area contributed by atoms with Gasteiger partial charge in [-0.3, -0.25) is 0 Å². The van der Waals surface area contributed by atoms with Crippen molar-refractivity contribution >= 4 is 10.0 Å². The molecule has 0 heterocycles. The number of rotatable bonds is 8. The fraction of sp³-hybridized carbons (Fsp3) is 0.538. The van der Waals surface area contributed by atoms with E-state index in [9.17, 15) is 13.5 Å². The summed E-state index contributed by atoms with van der Waals surface area (Å²) in [4.78, 5) is 0.196. The molecule has 0 aromatic heterocycles. The summed E-state index contributed by atoms with van der Waals surface area (Å²) < 4.78 is 31.6. The first-order valence-electron chi connectivity index (χ1n) is 6.40. The summed E-state index contributed by atoms with van der Waals surface area (Å²) in [5.74, 6) is 0.642. The fourth-order valence-corrected chi connectivity index (χ4v) is 2.58. The van der Waals surface area contributed by atoms with Crippen LogP contribution >= 0.6 is 0 Å². The van der Waals surface area contributed by atoms with E-state index in [1.807, 2.05) is 13.8 Å². The lowest BCUT2D eigenvalue weighted by atomic mass is 10.2. The summed E-state index contributed by atoms with van der Waals surface area (Å²) in [6, 6.07) is 6.26. The Morgan fingerprint density at radius 3 is 2.42 bits per heavy atom. The third-order valence-corrected chi connectivity index (χ3v) is 4.16. The normalized spacial score (nSPS) is 13.2. The fourth-order valence-electron chi connectivity index (χ4n) is 1.53.